The lowest BCUT2D eigenvalue weighted by Gasteiger charge is -2.34. The summed E-state index contributed by atoms with van der Waals surface area (Å²) >= 11 is 0. The van der Waals surface area contributed by atoms with E-state index in [1.807, 2.05) is 13.0 Å². The van der Waals surface area contributed by atoms with Crippen LogP contribution < -0.4 is 5.32 Å². The molecule has 4 heteroatoms. The van der Waals surface area contributed by atoms with Crippen molar-refractivity contribution in [2.75, 3.05) is 20.8 Å². The van der Waals surface area contributed by atoms with Gasteiger partial charge in [-0.3, -0.25) is 0 Å². The van der Waals surface area contributed by atoms with Crippen molar-refractivity contribution in [2.45, 2.75) is 38.3 Å². The fourth-order valence-electron chi connectivity index (χ4n) is 1.78. The van der Waals surface area contributed by atoms with E-state index in [1.54, 1.807) is 7.11 Å². The van der Waals surface area contributed by atoms with Gasteiger partial charge >= 0.3 is 5.97 Å². The van der Waals surface area contributed by atoms with E-state index in [2.05, 4.69) is 10.1 Å². The average Bonchev–Trinajstić information content (AvgIpc) is 2.25. The maximum absolute atomic E-state index is 11.3. The molecule has 0 bridgehead atoms. The Balaban J connectivity index is 2.22. The van der Waals surface area contributed by atoms with Crippen LogP contribution in [0, 0.1) is 0 Å². The maximum atomic E-state index is 11.3. The third-order valence-electron chi connectivity index (χ3n) is 3.01. The lowest BCUT2D eigenvalue weighted by molar-refractivity contribution is -0.136. The molecule has 0 spiro atoms. The minimum absolute atomic E-state index is 0.229. The van der Waals surface area contributed by atoms with Gasteiger partial charge in [-0.1, -0.05) is 13.0 Å². The SMILES string of the molecule is CCC(=CCNC1CC(OC)C1)C(=O)OC. The van der Waals surface area contributed by atoms with E-state index in [1.165, 1.54) is 7.11 Å². The first-order valence-corrected chi connectivity index (χ1v) is 5.74. The van der Waals surface area contributed by atoms with Gasteiger partial charge in [-0.05, 0) is 19.3 Å². The highest BCUT2D eigenvalue weighted by atomic mass is 16.5. The molecule has 0 radical (unpaired) electrons. The van der Waals surface area contributed by atoms with E-state index in [-0.39, 0.29) is 5.97 Å². The second kappa shape index (κ2) is 6.66. The summed E-state index contributed by atoms with van der Waals surface area (Å²) in [5.41, 5.74) is 0.734. The van der Waals surface area contributed by atoms with E-state index in [0.717, 1.165) is 25.0 Å². The normalized spacial score (nSPS) is 25.1. The first-order valence-electron chi connectivity index (χ1n) is 5.74. The standard InChI is InChI=1S/C12H21NO3/c1-4-9(12(14)16-3)5-6-13-10-7-11(8-10)15-2/h5,10-11,13H,4,6-8H2,1-3H3. The first kappa shape index (κ1) is 13.2. The van der Waals surface area contributed by atoms with Gasteiger partial charge in [0.05, 0.1) is 13.2 Å². The minimum Gasteiger partial charge on any atom is -0.466 e. The Morgan fingerprint density at radius 3 is 2.62 bits per heavy atom. The first-order chi connectivity index (χ1) is 7.71. The van der Waals surface area contributed by atoms with Crippen LogP contribution in [0.1, 0.15) is 26.2 Å². The molecule has 1 aliphatic rings. The van der Waals surface area contributed by atoms with Crippen molar-refractivity contribution in [3.05, 3.63) is 11.6 Å². The number of nitrogens with one attached hydrogen (secondary N) is 1. The Kier molecular flexibility index (Phi) is 5.49. The summed E-state index contributed by atoms with van der Waals surface area (Å²) in [4.78, 5) is 11.3. The molecule has 1 N–H and O–H groups in total. The Bertz CT molecular complexity index is 257. The number of carbonyl (C=O) groups excluding carboxylic acids is 1. The van der Waals surface area contributed by atoms with Gasteiger partial charge in [0, 0.05) is 25.3 Å². The van der Waals surface area contributed by atoms with Gasteiger partial charge < -0.3 is 14.8 Å². The van der Waals surface area contributed by atoms with Gasteiger partial charge in [0.2, 0.25) is 0 Å². The molecule has 0 aliphatic heterocycles. The summed E-state index contributed by atoms with van der Waals surface area (Å²) in [5, 5.41) is 3.36. The lowest BCUT2D eigenvalue weighted by atomic mass is 9.89. The summed E-state index contributed by atoms with van der Waals surface area (Å²) in [7, 11) is 3.15. The molecule has 0 aromatic rings. The molecule has 0 atom stereocenters. The van der Waals surface area contributed by atoms with Crippen LogP contribution in [0.25, 0.3) is 0 Å². The number of esters is 1. The zero-order valence-corrected chi connectivity index (χ0v) is 10.3. The molecule has 4 nitrogen and oxygen atoms in total. The largest absolute Gasteiger partial charge is 0.466 e. The van der Waals surface area contributed by atoms with Gasteiger partial charge in [0.25, 0.3) is 0 Å². The third kappa shape index (κ3) is 3.61. The Hall–Kier alpha value is -0.870. The monoisotopic (exact) mass is 227 g/mol. The Morgan fingerprint density at radius 2 is 2.12 bits per heavy atom. The van der Waals surface area contributed by atoms with Crippen LogP contribution >= 0.6 is 0 Å². The van der Waals surface area contributed by atoms with Gasteiger partial charge in [0.1, 0.15) is 0 Å². The van der Waals surface area contributed by atoms with Crippen molar-refractivity contribution >= 4 is 5.97 Å². The fraction of sp³-hybridized carbons (Fsp3) is 0.750. The van der Waals surface area contributed by atoms with Crippen LogP contribution in [0.3, 0.4) is 0 Å². The number of hydrogen-bond acceptors (Lipinski definition) is 4. The number of carbonyl (C=O) groups is 1. The Labute approximate surface area is 97.0 Å². The van der Waals surface area contributed by atoms with Gasteiger partial charge in [0.15, 0.2) is 0 Å². The van der Waals surface area contributed by atoms with Crippen molar-refractivity contribution in [1.82, 2.24) is 5.32 Å². The molecule has 0 aromatic carbocycles. The van der Waals surface area contributed by atoms with Gasteiger partial charge in [-0.25, -0.2) is 4.79 Å². The average molecular weight is 227 g/mol. The quantitative estimate of drug-likeness (QED) is 0.548. The summed E-state index contributed by atoms with van der Waals surface area (Å²) in [5.74, 6) is -0.229. The smallest absolute Gasteiger partial charge is 0.333 e. The zero-order chi connectivity index (χ0) is 12.0. The van der Waals surface area contributed by atoms with E-state index < -0.39 is 0 Å². The van der Waals surface area contributed by atoms with Gasteiger partial charge in [-0.15, -0.1) is 0 Å². The number of hydrogen-bond donors (Lipinski definition) is 1. The molecule has 0 aromatic heterocycles. The highest BCUT2D eigenvalue weighted by molar-refractivity contribution is 5.88. The minimum atomic E-state index is -0.229. The molecular weight excluding hydrogens is 206 g/mol. The van der Waals surface area contributed by atoms with Crippen molar-refractivity contribution in [2.24, 2.45) is 0 Å². The van der Waals surface area contributed by atoms with E-state index in [4.69, 9.17) is 4.74 Å². The van der Waals surface area contributed by atoms with Crippen molar-refractivity contribution < 1.29 is 14.3 Å². The molecule has 1 rings (SSSR count). The molecular formula is C12H21NO3. The van der Waals surface area contributed by atoms with Crippen LogP contribution in [0.2, 0.25) is 0 Å². The molecule has 0 unspecified atom stereocenters. The zero-order valence-electron chi connectivity index (χ0n) is 10.3. The highest BCUT2D eigenvalue weighted by Gasteiger charge is 2.27. The predicted molar refractivity (Wildman–Crippen MR) is 62.2 cm³/mol. The molecule has 1 fully saturated rings. The van der Waals surface area contributed by atoms with E-state index in [9.17, 15) is 4.79 Å². The lowest BCUT2D eigenvalue weighted by Crippen LogP contribution is -2.45. The molecule has 1 aliphatic carbocycles. The van der Waals surface area contributed by atoms with Crippen LogP contribution in [0.5, 0.6) is 0 Å². The van der Waals surface area contributed by atoms with Crippen LogP contribution in [-0.2, 0) is 14.3 Å². The summed E-state index contributed by atoms with van der Waals surface area (Å²) in [6, 6.07) is 0.525. The molecule has 1 saturated carbocycles. The highest BCUT2D eigenvalue weighted by Crippen LogP contribution is 2.22. The second-order valence-corrected chi connectivity index (χ2v) is 4.01. The maximum Gasteiger partial charge on any atom is 0.333 e. The van der Waals surface area contributed by atoms with Crippen LogP contribution in [0.4, 0.5) is 0 Å². The molecule has 0 saturated heterocycles. The van der Waals surface area contributed by atoms with Crippen molar-refractivity contribution in [1.29, 1.82) is 0 Å². The fourth-order valence-corrected chi connectivity index (χ4v) is 1.78. The number of rotatable bonds is 6. The van der Waals surface area contributed by atoms with E-state index >= 15 is 0 Å². The van der Waals surface area contributed by atoms with Crippen LogP contribution in [-0.4, -0.2) is 38.9 Å². The number of methoxy groups -OCH3 is 2. The molecule has 0 heterocycles. The molecule has 0 amide bonds. The van der Waals surface area contributed by atoms with Gasteiger partial charge in [-0.2, -0.15) is 0 Å². The predicted octanol–water partition coefficient (Wildman–Crippen LogP) is 1.26. The second-order valence-electron chi connectivity index (χ2n) is 4.01. The third-order valence-corrected chi connectivity index (χ3v) is 3.01. The number of ether oxygens (including phenoxy) is 2. The Morgan fingerprint density at radius 1 is 1.44 bits per heavy atom. The van der Waals surface area contributed by atoms with Crippen molar-refractivity contribution in [3.8, 4) is 0 Å². The van der Waals surface area contributed by atoms with Crippen LogP contribution in [0.15, 0.2) is 11.6 Å². The summed E-state index contributed by atoms with van der Waals surface area (Å²) in [6.07, 6.45) is 5.15. The summed E-state index contributed by atoms with van der Waals surface area (Å²) in [6.45, 7) is 2.67. The topological polar surface area (TPSA) is 47.6 Å². The molecule has 16 heavy (non-hydrogen) atoms. The van der Waals surface area contributed by atoms with Crippen molar-refractivity contribution in [3.63, 3.8) is 0 Å². The summed E-state index contributed by atoms with van der Waals surface area (Å²) < 4.78 is 9.87. The molecule has 92 valence electrons. The van der Waals surface area contributed by atoms with E-state index in [0.29, 0.717) is 18.6 Å².